The summed E-state index contributed by atoms with van der Waals surface area (Å²) in [6.45, 7) is 2.42. The lowest BCUT2D eigenvalue weighted by molar-refractivity contribution is -0.271. The van der Waals surface area contributed by atoms with Crippen LogP contribution < -0.4 is 0 Å². The van der Waals surface area contributed by atoms with Crippen LogP contribution in [0.4, 0.5) is 0 Å². The van der Waals surface area contributed by atoms with Crippen molar-refractivity contribution in [2.45, 2.75) is 19.8 Å². The molecule has 0 saturated heterocycles. The lowest BCUT2D eigenvalue weighted by atomic mass is 10.2. The molecular formula is C12H18O3. The van der Waals surface area contributed by atoms with E-state index in [1.807, 2.05) is 25.1 Å². The zero-order valence-corrected chi connectivity index (χ0v) is 9.31. The Labute approximate surface area is 90.9 Å². The van der Waals surface area contributed by atoms with E-state index < -0.39 is 0 Å². The Morgan fingerprint density at radius 2 is 1.87 bits per heavy atom. The molecule has 0 spiro atoms. The van der Waals surface area contributed by atoms with E-state index in [0.717, 1.165) is 12.7 Å². The fourth-order valence-corrected chi connectivity index (χ4v) is 0.888. The van der Waals surface area contributed by atoms with E-state index in [2.05, 4.69) is 17.0 Å². The molecule has 3 nitrogen and oxygen atoms in total. The van der Waals surface area contributed by atoms with Crippen molar-refractivity contribution in [3.63, 3.8) is 0 Å². The predicted molar refractivity (Wildman–Crippen MR) is 59.5 cm³/mol. The smallest absolute Gasteiger partial charge is 0.119 e. The van der Waals surface area contributed by atoms with Gasteiger partial charge in [-0.2, -0.15) is 0 Å². The van der Waals surface area contributed by atoms with Crippen LogP contribution in [0.1, 0.15) is 18.9 Å². The summed E-state index contributed by atoms with van der Waals surface area (Å²) in [6.07, 6.45) is 2.41. The maximum absolute atomic E-state index is 9.17. The Hall–Kier alpha value is -1.19. The van der Waals surface area contributed by atoms with E-state index in [9.17, 15) is 4.79 Å². The number of aldehydes is 1. The summed E-state index contributed by atoms with van der Waals surface area (Å²) in [6, 6.07) is 10.2. The van der Waals surface area contributed by atoms with Crippen molar-refractivity contribution in [1.29, 1.82) is 0 Å². The van der Waals surface area contributed by atoms with Gasteiger partial charge in [0.15, 0.2) is 0 Å². The summed E-state index contributed by atoms with van der Waals surface area (Å²) in [5, 5.41) is 0. The minimum Gasteiger partial charge on any atom is -0.303 e. The van der Waals surface area contributed by atoms with E-state index in [1.54, 1.807) is 0 Å². The fourth-order valence-electron chi connectivity index (χ4n) is 0.888. The van der Waals surface area contributed by atoms with Crippen LogP contribution in [0, 0.1) is 0 Å². The van der Waals surface area contributed by atoms with Crippen LogP contribution in [0.25, 0.3) is 0 Å². The van der Waals surface area contributed by atoms with Crippen molar-refractivity contribution in [3.05, 3.63) is 35.9 Å². The molecule has 0 amide bonds. The highest BCUT2D eigenvalue weighted by molar-refractivity contribution is 5.48. The second kappa shape index (κ2) is 10.9. The molecule has 0 aliphatic heterocycles. The van der Waals surface area contributed by atoms with Gasteiger partial charge in [0.2, 0.25) is 0 Å². The first-order valence-corrected chi connectivity index (χ1v) is 4.98. The first-order valence-electron chi connectivity index (χ1n) is 4.98. The van der Waals surface area contributed by atoms with Crippen LogP contribution in [-0.2, 0) is 21.0 Å². The van der Waals surface area contributed by atoms with Crippen molar-refractivity contribution in [2.24, 2.45) is 0 Å². The average Bonchev–Trinajstić information content (AvgIpc) is 2.31. The van der Waals surface area contributed by atoms with Gasteiger partial charge in [-0.05, 0) is 12.0 Å². The first-order chi connectivity index (χ1) is 7.35. The standard InChI is InChI=1S/C9H12O2.C3H6O/c1-10-11-8-7-9-5-3-2-4-6-9;1-2-3-4/h2-6H,7-8H2,1H3;3H,2H2,1H3. The number of benzene rings is 1. The largest absolute Gasteiger partial charge is 0.303 e. The van der Waals surface area contributed by atoms with Gasteiger partial charge in [0, 0.05) is 6.42 Å². The molecular weight excluding hydrogens is 192 g/mol. The Morgan fingerprint density at radius 1 is 1.27 bits per heavy atom. The molecule has 15 heavy (non-hydrogen) atoms. The number of carbonyl (C=O) groups excluding carboxylic acids is 1. The molecule has 0 aromatic heterocycles. The molecule has 0 aliphatic rings. The maximum Gasteiger partial charge on any atom is 0.119 e. The quantitative estimate of drug-likeness (QED) is 0.324. The average molecular weight is 210 g/mol. The molecule has 0 N–H and O–H groups in total. The monoisotopic (exact) mass is 210 g/mol. The summed E-state index contributed by atoms with van der Waals surface area (Å²) in [5.74, 6) is 0. The molecule has 0 unspecified atom stereocenters. The van der Waals surface area contributed by atoms with Crippen molar-refractivity contribution in [3.8, 4) is 0 Å². The summed E-state index contributed by atoms with van der Waals surface area (Å²) in [4.78, 5) is 18.4. The minimum absolute atomic E-state index is 0.612. The molecule has 84 valence electrons. The fraction of sp³-hybridized carbons (Fsp3) is 0.417. The summed E-state index contributed by atoms with van der Waals surface area (Å²) < 4.78 is 0. The first kappa shape index (κ1) is 13.8. The molecule has 0 aliphatic carbocycles. The Morgan fingerprint density at radius 3 is 2.33 bits per heavy atom. The van der Waals surface area contributed by atoms with Gasteiger partial charge in [0.05, 0.1) is 13.7 Å². The molecule has 0 saturated carbocycles. The number of rotatable bonds is 5. The highest BCUT2D eigenvalue weighted by atomic mass is 17.2. The summed E-state index contributed by atoms with van der Waals surface area (Å²) in [5.41, 5.74) is 1.27. The van der Waals surface area contributed by atoms with Gasteiger partial charge in [-0.3, -0.25) is 0 Å². The SMILES string of the molecule is CCC=O.COOCCc1ccccc1. The van der Waals surface area contributed by atoms with Gasteiger partial charge in [-0.15, -0.1) is 0 Å². The van der Waals surface area contributed by atoms with Crippen LogP contribution in [0.15, 0.2) is 30.3 Å². The molecule has 1 aromatic carbocycles. The molecule has 0 fully saturated rings. The summed E-state index contributed by atoms with van der Waals surface area (Å²) >= 11 is 0. The number of carbonyl (C=O) groups is 1. The number of hydrogen-bond acceptors (Lipinski definition) is 3. The van der Waals surface area contributed by atoms with Gasteiger partial charge in [-0.25, -0.2) is 9.78 Å². The number of hydrogen-bond donors (Lipinski definition) is 0. The zero-order valence-electron chi connectivity index (χ0n) is 9.31. The highest BCUT2D eigenvalue weighted by Crippen LogP contribution is 1.98. The third-order valence-electron chi connectivity index (χ3n) is 1.60. The van der Waals surface area contributed by atoms with Gasteiger partial charge >= 0.3 is 0 Å². The van der Waals surface area contributed by atoms with Crippen LogP contribution in [-0.4, -0.2) is 20.0 Å². The van der Waals surface area contributed by atoms with Gasteiger partial charge in [0.1, 0.15) is 6.29 Å². The molecule has 0 heterocycles. The second-order valence-corrected chi connectivity index (χ2v) is 2.80. The molecule has 0 atom stereocenters. The Kier molecular flexibility index (Phi) is 10.0. The van der Waals surface area contributed by atoms with Crippen LogP contribution in [0.5, 0.6) is 0 Å². The van der Waals surface area contributed by atoms with E-state index in [-0.39, 0.29) is 0 Å². The normalized spacial score (nSPS) is 8.93. The van der Waals surface area contributed by atoms with Gasteiger partial charge in [0.25, 0.3) is 0 Å². The molecule has 1 aromatic rings. The summed E-state index contributed by atoms with van der Waals surface area (Å²) in [7, 11) is 1.52. The molecule has 1 rings (SSSR count). The van der Waals surface area contributed by atoms with E-state index in [4.69, 9.17) is 4.89 Å². The minimum atomic E-state index is 0.612. The van der Waals surface area contributed by atoms with Gasteiger partial charge in [-0.1, -0.05) is 37.3 Å². The lowest BCUT2D eigenvalue weighted by Gasteiger charge is -1.99. The van der Waals surface area contributed by atoms with Crippen molar-refractivity contribution >= 4 is 6.29 Å². The molecule has 0 bridgehead atoms. The third-order valence-corrected chi connectivity index (χ3v) is 1.60. The predicted octanol–water partition coefficient (Wildman–Crippen LogP) is 2.40. The topological polar surface area (TPSA) is 35.5 Å². The van der Waals surface area contributed by atoms with Crippen molar-refractivity contribution in [1.82, 2.24) is 0 Å². The van der Waals surface area contributed by atoms with Crippen molar-refractivity contribution < 1.29 is 14.6 Å². The Bertz CT molecular complexity index is 234. The zero-order chi connectivity index (χ0) is 11.4. The van der Waals surface area contributed by atoms with Gasteiger partial charge < -0.3 is 4.79 Å². The third kappa shape index (κ3) is 9.12. The van der Waals surface area contributed by atoms with E-state index in [0.29, 0.717) is 13.0 Å². The van der Waals surface area contributed by atoms with Crippen LogP contribution in [0.3, 0.4) is 0 Å². The maximum atomic E-state index is 9.17. The van der Waals surface area contributed by atoms with Crippen molar-refractivity contribution in [2.75, 3.05) is 13.7 Å². The Balaban J connectivity index is 0.000000423. The molecule has 3 heteroatoms. The molecule has 0 radical (unpaired) electrons. The lowest BCUT2D eigenvalue weighted by Crippen LogP contribution is -1.96. The highest BCUT2D eigenvalue weighted by Gasteiger charge is 1.89. The van der Waals surface area contributed by atoms with E-state index >= 15 is 0 Å². The van der Waals surface area contributed by atoms with E-state index in [1.165, 1.54) is 12.7 Å². The van der Waals surface area contributed by atoms with Crippen LogP contribution in [0.2, 0.25) is 0 Å². The second-order valence-electron chi connectivity index (χ2n) is 2.80. The van der Waals surface area contributed by atoms with Crippen LogP contribution >= 0.6 is 0 Å².